The summed E-state index contributed by atoms with van der Waals surface area (Å²) in [4.78, 5) is 21.5. The van der Waals surface area contributed by atoms with Crippen LogP contribution < -0.4 is 24.8 Å². The topological polar surface area (TPSA) is 94.1 Å². The number of anilines is 1. The minimum Gasteiger partial charge on any atom is -0.494 e. The Balaban J connectivity index is 1.48. The van der Waals surface area contributed by atoms with Crippen molar-refractivity contribution >= 4 is 17.6 Å². The monoisotopic (exact) mass is 460 g/mol. The Kier molecular flexibility index (Phi) is 7.95. The first kappa shape index (κ1) is 23.1. The third-order valence-corrected chi connectivity index (χ3v) is 5.09. The Labute approximate surface area is 199 Å². The highest BCUT2D eigenvalue weighted by atomic mass is 16.6. The molecule has 0 saturated carbocycles. The Hall–Kier alpha value is -4.07. The molecule has 1 aliphatic rings. The molecule has 1 aliphatic heterocycles. The molecule has 0 bridgehead atoms. The van der Waals surface area contributed by atoms with E-state index in [-0.39, 0.29) is 5.91 Å². The van der Waals surface area contributed by atoms with E-state index in [0.717, 1.165) is 29.8 Å². The van der Waals surface area contributed by atoms with E-state index in [4.69, 9.17) is 14.2 Å². The van der Waals surface area contributed by atoms with Gasteiger partial charge in [-0.1, -0.05) is 13.3 Å². The van der Waals surface area contributed by atoms with Gasteiger partial charge in [0.1, 0.15) is 19.0 Å². The summed E-state index contributed by atoms with van der Waals surface area (Å²) in [6, 6.07) is 16.3. The van der Waals surface area contributed by atoms with Crippen molar-refractivity contribution in [3.05, 3.63) is 78.1 Å². The number of fused-ring (bicyclic) bond motifs is 1. The summed E-state index contributed by atoms with van der Waals surface area (Å²) >= 11 is 0. The maximum absolute atomic E-state index is 12.9. The highest BCUT2D eigenvalue weighted by Gasteiger charge is 2.14. The molecular formula is C26H28N4O4. The van der Waals surface area contributed by atoms with Crippen LogP contribution in [0.2, 0.25) is 0 Å². The number of benzene rings is 2. The number of hydrogen-bond donors (Lipinski definition) is 2. The van der Waals surface area contributed by atoms with Crippen LogP contribution in [0, 0.1) is 0 Å². The second kappa shape index (κ2) is 11.7. The van der Waals surface area contributed by atoms with Gasteiger partial charge in [0.2, 0.25) is 5.96 Å². The third-order valence-electron chi connectivity index (χ3n) is 5.09. The molecule has 0 radical (unpaired) electrons. The van der Waals surface area contributed by atoms with Crippen molar-refractivity contribution in [2.75, 3.05) is 25.1 Å². The second-order valence-corrected chi connectivity index (χ2v) is 7.68. The van der Waals surface area contributed by atoms with E-state index < -0.39 is 0 Å². The Bertz CT molecular complexity index is 1120. The first-order valence-electron chi connectivity index (χ1n) is 11.4. The van der Waals surface area contributed by atoms with Gasteiger partial charge in [0.25, 0.3) is 5.91 Å². The summed E-state index contributed by atoms with van der Waals surface area (Å²) in [5.41, 5.74) is 2.19. The summed E-state index contributed by atoms with van der Waals surface area (Å²) in [5.74, 6) is 2.12. The molecule has 0 fully saturated rings. The smallest absolute Gasteiger partial charge is 0.257 e. The van der Waals surface area contributed by atoms with Crippen LogP contribution in [0.3, 0.4) is 0 Å². The third kappa shape index (κ3) is 6.48. The summed E-state index contributed by atoms with van der Waals surface area (Å²) in [5, 5.41) is 6.06. The van der Waals surface area contributed by atoms with E-state index in [0.29, 0.717) is 49.4 Å². The highest BCUT2D eigenvalue weighted by Crippen LogP contribution is 2.32. The number of aromatic nitrogens is 1. The van der Waals surface area contributed by atoms with Crippen molar-refractivity contribution in [3.63, 3.8) is 0 Å². The summed E-state index contributed by atoms with van der Waals surface area (Å²) < 4.78 is 16.9. The Morgan fingerprint density at radius 2 is 1.79 bits per heavy atom. The van der Waals surface area contributed by atoms with E-state index in [2.05, 4.69) is 27.5 Å². The molecule has 0 atom stereocenters. The number of ether oxygens (including phenoxy) is 3. The van der Waals surface area contributed by atoms with Crippen LogP contribution in [0.15, 0.2) is 72.0 Å². The van der Waals surface area contributed by atoms with Crippen molar-refractivity contribution in [1.29, 1.82) is 0 Å². The minimum absolute atomic E-state index is 0.279. The molecule has 3 aromatic rings. The molecule has 0 unspecified atom stereocenters. The quantitative estimate of drug-likeness (QED) is 0.293. The summed E-state index contributed by atoms with van der Waals surface area (Å²) in [6.07, 6.45) is 5.48. The molecule has 176 valence electrons. The predicted octanol–water partition coefficient (Wildman–Crippen LogP) is 4.43. The van der Waals surface area contributed by atoms with Crippen LogP contribution in [0.25, 0.3) is 0 Å². The van der Waals surface area contributed by atoms with Crippen LogP contribution >= 0.6 is 0 Å². The lowest BCUT2D eigenvalue weighted by molar-refractivity contribution is 0.0977. The van der Waals surface area contributed by atoms with Crippen LogP contribution in [0.1, 0.15) is 35.7 Å². The molecule has 8 nitrogen and oxygen atoms in total. The molecule has 2 heterocycles. The number of carbonyl (C=O) groups is 1. The highest BCUT2D eigenvalue weighted by molar-refractivity contribution is 6.10. The van der Waals surface area contributed by atoms with Crippen molar-refractivity contribution in [2.24, 2.45) is 4.99 Å². The van der Waals surface area contributed by atoms with Crippen molar-refractivity contribution < 1.29 is 19.0 Å². The number of aliphatic imine (C=N–C) groups is 1. The first-order valence-corrected chi connectivity index (χ1v) is 11.4. The van der Waals surface area contributed by atoms with Crippen LogP contribution in [0.4, 0.5) is 5.69 Å². The maximum Gasteiger partial charge on any atom is 0.257 e. The lowest BCUT2D eigenvalue weighted by atomic mass is 10.2. The minimum atomic E-state index is -0.279. The Morgan fingerprint density at radius 1 is 1.03 bits per heavy atom. The van der Waals surface area contributed by atoms with Gasteiger partial charge in [0, 0.05) is 29.7 Å². The number of hydrogen-bond acceptors (Lipinski definition) is 6. The van der Waals surface area contributed by atoms with Gasteiger partial charge >= 0.3 is 0 Å². The van der Waals surface area contributed by atoms with Crippen molar-refractivity contribution in [2.45, 2.75) is 26.3 Å². The molecule has 1 amide bonds. The van der Waals surface area contributed by atoms with E-state index >= 15 is 0 Å². The number of amides is 1. The largest absolute Gasteiger partial charge is 0.494 e. The lowest BCUT2D eigenvalue weighted by Crippen LogP contribution is -2.36. The molecule has 34 heavy (non-hydrogen) atoms. The van der Waals surface area contributed by atoms with Gasteiger partial charge in [-0.05, 0) is 60.5 Å². The van der Waals surface area contributed by atoms with Gasteiger partial charge < -0.3 is 19.5 Å². The van der Waals surface area contributed by atoms with Gasteiger partial charge in [-0.3, -0.25) is 15.1 Å². The van der Waals surface area contributed by atoms with Gasteiger partial charge in [0.15, 0.2) is 11.5 Å². The molecular weight excluding hydrogens is 432 g/mol. The number of nitrogens with one attached hydrogen (secondary N) is 2. The Morgan fingerprint density at radius 3 is 2.56 bits per heavy atom. The number of carbonyl (C=O) groups excluding carboxylic acids is 1. The van der Waals surface area contributed by atoms with E-state index in [1.807, 2.05) is 30.3 Å². The normalized spacial score (nSPS) is 12.7. The SMILES string of the molecule is CCCCOc1ccc(C(=O)NC(=NCc2ccncc2)Nc2ccc3c(c2)OCCO3)cc1. The van der Waals surface area contributed by atoms with Gasteiger partial charge in [0.05, 0.1) is 13.2 Å². The average molecular weight is 461 g/mol. The second-order valence-electron chi connectivity index (χ2n) is 7.68. The molecule has 4 rings (SSSR count). The average Bonchev–Trinajstić information content (AvgIpc) is 2.88. The zero-order valence-corrected chi connectivity index (χ0v) is 19.1. The van der Waals surface area contributed by atoms with Crippen molar-refractivity contribution in [1.82, 2.24) is 10.3 Å². The molecule has 0 spiro atoms. The number of rotatable bonds is 8. The number of pyridine rings is 1. The standard InChI is InChI=1S/C26H28N4O4/c1-2-3-14-32-22-7-4-20(5-8-22)25(31)30-26(28-18-19-10-12-27-13-11-19)29-21-6-9-23-24(17-21)34-16-15-33-23/h4-13,17H,2-3,14-16,18H2,1H3,(H2,28,29,30,31). The zero-order chi connectivity index (χ0) is 23.6. The fraction of sp³-hybridized carbons (Fsp3) is 0.269. The zero-order valence-electron chi connectivity index (χ0n) is 19.1. The lowest BCUT2D eigenvalue weighted by Gasteiger charge is -2.19. The molecule has 1 aromatic heterocycles. The number of guanidine groups is 1. The fourth-order valence-corrected chi connectivity index (χ4v) is 3.24. The number of nitrogens with zero attached hydrogens (tertiary/aromatic N) is 2. The van der Waals surface area contributed by atoms with Crippen LogP contribution in [-0.4, -0.2) is 36.7 Å². The number of unbranched alkanes of at least 4 members (excludes halogenated alkanes) is 1. The molecule has 2 N–H and O–H groups in total. The van der Waals surface area contributed by atoms with Gasteiger partial charge in [-0.2, -0.15) is 0 Å². The van der Waals surface area contributed by atoms with Gasteiger partial charge in [-0.15, -0.1) is 0 Å². The molecule has 0 aliphatic carbocycles. The van der Waals surface area contributed by atoms with E-state index in [1.165, 1.54) is 0 Å². The molecule has 8 heteroatoms. The van der Waals surface area contributed by atoms with Crippen molar-refractivity contribution in [3.8, 4) is 17.2 Å². The van der Waals surface area contributed by atoms with Crippen LogP contribution in [0.5, 0.6) is 17.2 Å². The van der Waals surface area contributed by atoms with Crippen LogP contribution in [-0.2, 0) is 6.54 Å². The molecule has 2 aromatic carbocycles. The van der Waals surface area contributed by atoms with E-state index in [9.17, 15) is 4.79 Å². The first-order chi connectivity index (χ1) is 16.7. The maximum atomic E-state index is 12.9. The molecule has 0 saturated heterocycles. The van der Waals surface area contributed by atoms with E-state index in [1.54, 1.807) is 36.7 Å². The predicted molar refractivity (Wildman–Crippen MR) is 131 cm³/mol. The fourth-order valence-electron chi connectivity index (χ4n) is 3.24. The summed E-state index contributed by atoms with van der Waals surface area (Å²) in [6.45, 7) is 4.17. The van der Waals surface area contributed by atoms with Gasteiger partial charge in [-0.25, -0.2) is 4.99 Å². The summed E-state index contributed by atoms with van der Waals surface area (Å²) in [7, 11) is 0.